The Hall–Kier alpha value is -1.81. The lowest BCUT2D eigenvalue weighted by molar-refractivity contribution is -0.121. The lowest BCUT2D eigenvalue weighted by atomic mass is 10.2. The normalized spacial score (nSPS) is 12.0. The van der Waals surface area contributed by atoms with E-state index in [2.05, 4.69) is 5.32 Å². The molecule has 0 aliphatic heterocycles. The van der Waals surface area contributed by atoms with Crippen molar-refractivity contribution in [2.45, 2.75) is 11.1 Å². The second-order valence-corrected chi connectivity index (χ2v) is 7.65. The van der Waals surface area contributed by atoms with Crippen molar-refractivity contribution < 1.29 is 26.4 Å². The van der Waals surface area contributed by atoms with E-state index in [4.69, 9.17) is 23.2 Å². The van der Waals surface area contributed by atoms with Gasteiger partial charge in [0.1, 0.15) is 6.54 Å². The van der Waals surface area contributed by atoms with Gasteiger partial charge in [0.2, 0.25) is 10.0 Å². The molecular weight excluding hydrogens is 416 g/mol. The molecule has 26 heavy (non-hydrogen) atoms. The van der Waals surface area contributed by atoms with Gasteiger partial charge in [0.05, 0.1) is 15.5 Å². The molecule has 2 rings (SSSR count). The molecule has 0 spiro atoms. The Morgan fingerprint density at radius 2 is 1.65 bits per heavy atom. The Balaban J connectivity index is 2.10. The van der Waals surface area contributed by atoms with Crippen LogP contribution in [0.2, 0.25) is 10.0 Å². The Kier molecular flexibility index (Phi) is 6.17. The molecule has 5 nitrogen and oxygen atoms in total. The average molecular weight is 427 g/mol. The molecule has 0 heterocycles. The SMILES string of the molecule is O=C(Nc1ccc(S(=O)(=O)NCC(F)(F)F)cc1)c1ccc(Cl)cc1Cl. The summed E-state index contributed by atoms with van der Waals surface area (Å²) in [4.78, 5) is 11.8. The summed E-state index contributed by atoms with van der Waals surface area (Å²) in [6.07, 6.45) is -4.67. The number of hydrogen-bond donors (Lipinski definition) is 2. The van der Waals surface area contributed by atoms with Crippen LogP contribution in [0, 0.1) is 0 Å². The van der Waals surface area contributed by atoms with Crippen molar-refractivity contribution in [1.29, 1.82) is 0 Å². The molecule has 0 unspecified atom stereocenters. The highest BCUT2D eigenvalue weighted by molar-refractivity contribution is 7.89. The van der Waals surface area contributed by atoms with E-state index in [1.165, 1.54) is 35.1 Å². The van der Waals surface area contributed by atoms with Gasteiger partial charge in [0, 0.05) is 10.7 Å². The van der Waals surface area contributed by atoms with Crippen molar-refractivity contribution in [1.82, 2.24) is 4.72 Å². The summed E-state index contributed by atoms with van der Waals surface area (Å²) in [5, 5.41) is 2.98. The molecule has 2 aromatic rings. The quantitative estimate of drug-likeness (QED) is 0.755. The smallest absolute Gasteiger partial charge is 0.322 e. The van der Waals surface area contributed by atoms with Gasteiger partial charge >= 0.3 is 6.18 Å². The number of amides is 1. The Labute approximate surface area is 157 Å². The average Bonchev–Trinajstić information content (AvgIpc) is 2.53. The molecule has 2 aromatic carbocycles. The molecule has 0 saturated heterocycles. The standard InChI is InChI=1S/C15H11Cl2F3N2O3S/c16-9-1-6-12(13(17)7-9)14(23)22-10-2-4-11(5-3-10)26(24,25)21-8-15(18,19)20/h1-7,21H,8H2,(H,22,23). The van der Waals surface area contributed by atoms with Gasteiger partial charge in [-0.3, -0.25) is 4.79 Å². The van der Waals surface area contributed by atoms with Crippen LogP contribution in [0.1, 0.15) is 10.4 Å². The van der Waals surface area contributed by atoms with Gasteiger partial charge < -0.3 is 5.32 Å². The van der Waals surface area contributed by atoms with Crippen LogP contribution in [-0.2, 0) is 10.0 Å². The number of rotatable bonds is 5. The number of benzene rings is 2. The zero-order valence-corrected chi connectivity index (χ0v) is 15.1. The van der Waals surface area contributed by atoms with Crippen molar-refractivity contribution in [3.8, 4) is 0 Å². The molecule has 0 aliphatic carbocycles. The Bertz CT molecular complexity index is 917. The van der Waals surface area contributed by atoms with Gasteiger partial charge in [-0.25, -0.2) is 13.1 Å². The molecule has 0 fully saturated rings. The first-order valence-corrected chi connectivity index (χ1v) is 9.15. The van der Waals surface area contributed by atoms with E-state index >= 15 is 0 Å². The molecule has 2 N–H and O–H groups in total. The summed E-state index contributed by atoms with van der Waals surface area (Å²) in [5.74, 6) is -0.558. The van der Waals surface area contributed by atoms with Crippen LogP contribution in [0.4, 0.5) is 18.9 Å². The number of carbonyl (C=O) groups is 1. The lowest BCUT2D eigenvalue weighted by Gasteiger charge is -2.10. The second kappa shape index (κ2) is 7.83. The Morgan fingerprint density at radius 1 is 1.04 bits per heavy atom. The predicted molar refractivity (Wildman–Crippen MR) is 92.1 cm³/mol. The summed E-state index contributed by atoms with van der Waals surface area (Å²) >= 11 is 11.7. The third-order valence-corrected chi connectivity index (χ3v) is 5.03. The van der Waals surface area contributed by atoms with Crippen molar-refractivity contribution in [3.63, 3.8) is 0 Å². The van der Waals surface area contributed by atoms with Gasteiger partial charge in [-0.05, 0) is 42.5 Å². The van der Waals surface area contributed by atoms with Crippen molar-refractivity contribution >= 4 is 44.8 Å². The van der Waals surface area contributed by atoms with Crippen LogP contribution in [0.3, 0.4) is 0 Å². The number of hydrogen-bond acceptors (Lipinski definition) is 3. The fourth-order valence-electron chi connectivity index (χ4n) is 1.85. The van der Waals surface area contributed by atoms with E-state index in [1.54, 1.807) is 0 Å². The molecular formula is C15H11Cl2F3N2O3S. The van der Waals surface area contributed by atoms with Crippen LogP contribution in [0.15, 0.2) is 47.4 Å². The zero-order valence-electron chi connectivity index (χ0n) is 12.8. The molecule has 0 bridgehead atoms. The molecule has 0 radical (unpaired) electrons. The van der Waals surface area contributed by atoms with Crippen molar-refractivity contribution in [2.75, 3.05) is 11.9 Å². The maximum atomic E-state index is 12.1. The van der Waals surface area contributed by atoms with E-state index in [-0.39, 0.29) is 21.2 Å². The minimum atomic E-state index is -4.67. The summed E-state index contributed by atoms with van der Waals surface area (Å²) < 4.78 is 61.4. The minimum Gasteiger partial charge on any atom is -0.322 e. The maximum absolute atomic E-state index is 12.1. The number of halogens is 5. The summed E-state index contributed by atoms with van der Waals surface area (Å²) in [5.41, 5.74) is 0.385. The van der Waals surface area contributed by atoms with Crippen LogP contribution in [0.5, 0.6) is 0 Å². The maximum Gasteiger partial charge on any atom is 0.402 e. The first kappa shape index (κ1) is 20.5. The van der Waals surface area contributed by atoms with E-state index in [1.807, 2.05) is 0 Å². The molecule has 0 atom stereocenters. The largest absolute Gasteiger partial charge is 0.402 e. The van der Waals surface area contributed by atoms with Gasteiger partial charge in [-0.1, -0.05) is 23.2 Å². The lowest BCUT2D eigenvalue weighted by Crippen LogP contribution is -2.33. The fraction of sp³-hybridized carbons (Fsp3) is 0.133. The minimum absolute atomic E-state index is 0.130. The first-order chi connectivity index (χ1) is 12.0. The number of anilines is 1. The van der Waals surface area contributed by atoms with Gasteiger partial charge in [0.15, 0.2) is 0 Å². The zero-order chi connectivity index (χ0) is 19.5. The van der Waals surface area contributed by atoms with Crippen molar-refractivity contribution in [3.05, 3.63) is 58.1 Å². The predicted octanol–water partition coefficient (Wildman–Crippen LogP) is 4.09. The van der Waals surface area contributed by atoms with E-state index < -0.39 is 28.7 Å². The fourth-order valence-corrected chi connectivity index (χ4v) is 3.36. The number of carbonyl (C=O) groups excluding carboxylic acids is 1. The first-order valence-electron chi connectivity index (χ1n) is 6.91. The molecule has 1 amide bonds. The molecule has 140 valence electrons. The monoisotopic (exact) mass is 426 g/mol. The van der Waals surface area contributed by atoms with Gasteiger partial charge in [-0.15, -0.1) is 0 Å². The second-order valence-electron chi connectivity index (χ2n) is 5.04. The van der Waals surface area contributed by atoms with Gasteiger partial charge in [-0.2, -0.15) is 13.2 Å². The van der Waals surface area contributed by atoms with Crippen molar-refractivity contribution in [2.24, 2.45) is 0 Å². The molecule has 0 saturated carbocycles. The third-order valence-electron chi connectivity index (χ3n) is 3.06. The van der Waals surface area contributed by atoms with E-state index in [9.17, 15) is 26.4 Å². The summed E-state index contributed by atoms with van der Waals surface area (Å²) in [6, 6.07) is 8.90. The molecule has 0 aromatic heterocycles. The Morgan fingerprint density at radius 3 is 2.19 bits per heavy atom. The van der Waals surface area contributed by atoms with E-state index in [0.29, 0.717) is 5.02 Å². The van der Waals surface area contributed by atoms with E-state index in [0.717, 1.165) is 12.1 Å². The highest BCUT2D eigenvalue weighted by Crippen LogP contribution is 2.23. The topological polar surface area (TPSA) is 75.3 Å². The van der Waals surface area contributed by atoms with Crippen LogP contribution in [0.25, 0.3) is 0 Å². The highest BCUT2D eigenvalue weighted by atomic mass is 35.5. The van der Waals surface area contributed by atoms with Crippen LogP contribution in [-0.4, -0.2) is 27.0 Å². The number of nitrogens with one attached hydrogen (secondary N) is 2. The number of sulfonamides is 1. The van der Waals surface area contributed by atoms with Gasteiger partial charge in [0.25, 0.3) is 5.91 Å². The highest BCUT2D eigenvalue weighted by Gasteiger charge is 2.30. The van der Waals surface area contributed by atoms with Crippen LogP contribution < -0.4 is 10.0 Å². The van der Waals surface area contributed by atoms with Crippen LogP contribution >= 0.6 is 23.2 Å². The summed E-state index contributed by atoms with van der Waals surface area (Å²) in [6.45, 7) is -1.68. The molecule has 11 heteroatoms. The molecule has 0 aliphatic rings. The number of alkyl halides is 3. The summed E-state index contributed by atoms with van der Waals surface area (Å²) in [7, 11) is -4.32. The third kappa shape index (κ3) is 5.60.